The number of nitrogens with zero attached hydrogens (tertiary/aromatic N) is 3. The fourth-order valence-corrected chi connectivity index (χ4v) is 5.24. The Kier molecular flexibility index (Phi) is 5.44. The maximum Gasteiger partial charge on any atom is 0.289 e. The minimum Gasteiger partial charge on any atom is -0.356 e. The van der Waals surface area contributed by atoms with Crippen molar-refractivity contribution in [2.24, 2.45) is 0 Å². The van der Waals surface area contributed by atoms with Crippen LogP contribution in [0.2, 0.25) is 0 Å². The van der Waals surface area contributed by atoms with Crippen molar-refractivity contribution in [1.82, 2.24) is 9.78 Å². The summed E-state index contributed by atoms with van der Waals surface area (Å²) in [5.74, 6) is 0. The predicted octanol–water partition coefficient (Wildman–Crippen LogP) is 4.05. The first-order valence-electron chi connectivity index (χ1n) is 8.92. The van der Waals surface area contributed by atoms with Gasteiger partial charge in [-0.2, -0.15) is 5.10 Å². The van der Waals surface area contributed by atoms with Crippen LogP contribution in [-0.2, 0) is 14.8 Å². The highest BCUT2D eigenvalue weighted by Gasteiger charge is 2.26. The minimum absolute atomic E-state index is 0.135. The number of anilines is 1. The van der Waals surface area contributed by atoms with Gasteiger partial charge in [0, 0.05) is 23.7 Å². The van der Waals surface area contributed by atoms with Crippen molar-refractivity contribution in [2.45, 2.75) is 30.4 Å². The van der Waals surface area contributed by atoms with Crippen molar-refractivity contribution in [3.8, 4) is 0 Å². The van der Waals surface area contributed by atoms with Gasteiger partial charge in [-0.1, -0.05) is 12.1 Å². The summed E-state index contributed by atoms with van der Waals surface area (Å²) in [6.07, 6.45) is 2.84. The molecule has 9 nitrogen and oxygen atoms in total. The smallest absolute Gasteiger partial charge is 0.289 e. The van der Waals surface area contributed by atoms with Gasteiger partial charge in [-0.15, -0.1) is 0 Å². The number of nitrogens with one attached hydrogen (secondary N) is 1. The first kappa shape index (κ1) is 20.0. The molecule has 0 spiro atoms. The highest BCUT2D eigenvalue weighted by Crippen LogP contribution is 2.31. The SMILES string of the molecule is O=[N+]([O-])c1ccccc1S(=O)(=O)Nc1ccc2c(c1)c(I)nn2C1CCCCO1. The zero-order chi connectivity index (χ0) is 20.6. The number of fused-ring (bicyclic) bond motifs is 1. The van der Waals surface area contributed by atoms with Crippen LogP contribution in [0.3, 0.4) is 0 Å². The Morgan fingerprint density at radius 1 is 1.24 bits per heavy atom. The Morgan fingerprint density at radius 3 is 2.76 bits per heavy atom. The summed E-state index contributed by atoms with van der Waals surface area (Å²) in [6, 6.07) is 10.3. The molecule has 0 amide bonds. The lowest BCUT2D eigenvalue weighted by molar-refractivity contribution is -0.387. The Hall–Kier alpha value is -2.25. The van der Waals surface area contributed by atoms with Crippen LogP contribution in [0, 0.1) is 13.8 Å². The molecule has 1 aromatic heterocycles. The minimum atomic E-state index is -4.13. The molecule has 3 aromatic rings. The zero-order valence-corrected chi connectivity index (χ0v) is 18.1. The normalized spacial score (nSPS) is 17.3. The second kappa shape index (κ2) is 7.88. The second-order valence-corrected chi connectivity index (χ2v) is 9.29. The number of sulfonamides is 1. The van der Waals surface area contributed by atoms with E-state index < -0.39 is 20.6 Å². The summed E-state index contributed by atoms with van der Waals surface area (Å²) in [4.78, 5) is 10.1. The van der Waals surface area contributed by atoms with Crippen molar-refractivity contribution in [1.29, 1.82) is 0 Å². The van der Waals surface area contributed by atoms with E-state index in [-0.39, 0.29) is 11.1 Å². The summed E-state index contributed by atoms with van der Waals surface area (Å²) in [6.45, 7) is 0.691. The van der Waals surface area contributed by atoms with E-state index in [9.17, 15) is 18.5 Å². The van der Waals surface area contributed by atoms with E-state index in [4.69, 9.17) is 4.74 Å². The summed E-state index contributed by atoms with van der Waals surface area (Å²) >= 11 is 2.10. The van der Waals surface area contributed by atoms with Crippen molar-refractivity contribution in [2.75, 3.05) is 11.3 Å². The van der Waals surface area contributed by atoms with E-state index in [1.165, 1.54) is 18.2 Å². The zero-order valence-electron chi connectivity index (χ0n) is 15.1. The summed E-state index contributed by atoms with van der Waals surface area (Å²) in [5.41, 5.74) is 0.672. The largest absolute Gasteiger partial charge is 0.356 e. The molecule has 1 N–H and O–H groups in total. The standard InChI is InChI=1S/C18H17IN4O5S/c19-18-13-11-12(8-9-14(13)22(20-18)17-7-3-4-10-28-17)21-29(26,27)16-6-2-1-5-15(16)23(24)25/h1-2,5-6,8-9,11,17,21H,3-4,7,10H2. The molecule has 11 heteroatoms. The quantitative estimate of drug-likeness (QED) is 0.304. The Balaban J connectivity index is 1.69. The molecule has 1 saturated heterocycles. The molecular weight excluding hydrogens is 511 g/mol. The molecule has 1 fully saturated rings. The lowest BCUT2D eigenvalue weighted by atomic mass is 10.2. The Morgan fingerprint density at radius 2 is 2.03 bits per heavy atom. The molecule has 1 aliphatic heterocycles. The first-order chi connectivity index (χ1) is 13.9. The predicted molar refractivity (Wildman–Crippen MR) is 115 cm³/mol. The highest BCUT2D eigenvalue weighted by molar-refractivity contribution is 14.1. The van der Waals surface area contributed by atoms with Crippen molar-refractivity contribution in [3.63, 3.8) is 0 Å². The van der Waals surface area contributed by atoms with E-state index in [0.717, 1.165) is 39.9 Å². The first-order valence-corrected chi connectivity index (χ1v) is 11.5. The van der Waals surface area contributed by atoms with Crippen LogP contribution in [0.1, 0.15) is 25.5 Å². The highest BCUT2D eigenvalue weighted by atomic mass is 127. The van der Waals surface area contributed by atoms with Crippen LogP contribution >= 0.6 is 22.6 Å². The molecule has 152 valence electrons. The lowest BCUT2D eigenvalue weighted by Gasteiger charge is -2.23. The Bertz CT molecular complexity index is 1190. The van der Waals surface area contributed by atoms with E-state index >= 15 is 0 Å². The summed E-state index contributed by atoms with van der Waals surface area (Å²) in [7, 11) is -4.13. The third-order valence-corrected chi connectivity index (χ3v) is 6.92. The van der Waals surface area contributed by atoms with Crippen LogP contribution in [0.15, 0.2) is 47.4 Å². The Labute approximate surface area is 180 Å². The summed E-state index contributed by atoms with van der Waals surface area (Å²) in [5, 5.41) is 16.5. The molecule has 1 unspecified atom stereocenters. The third kappa shape index (κ3) is 3.94. The summed E-state index contributed by atoms with van der Waals surface area (Å²) < 4.78 is 36.3. The van der Waals surface area contributed by atoms with Gasteiger partial charge in [0.05, 0.1) is 10.4 Å². The van der Waals surface area contributed by atoms with Crippen molar-refractivity contribution >= 4 is 54.9 Å². The average molecular weight is 528 g/mol. The van der Waals surface area contributed by atoms with Crippen LogP contribution in [0.4, 0.5) is 11.4 Å². The number of nitro benzene ring substituents is 1. The lowest BCUT2D eigenvalue weighted by Crippen LogP contribution is -2.19. The van der Waals surface area contributed by atoms with E-state index in [2.05, 4.69) is 32.4 Å². The number of hydrogen-bond donors (Lipinski definition) is 1. The van der Waals surface area contributed by atoms with Crippen LogP contribution in [0.5, 0.6) is 0 Å². The molecule has 29 heavy (non-hydrogen) atoms. The maximum atomic E-state index is 12.7. The molecule has 0 bridgehead atoms. The average Bonchev–Trinajstić information content (AvgIpc) is 3.04. The third-order valence-electron chi connectivity index (χ3n) is 4.69. The molecule has 2 heterocycles. The number of nitro groups is 1. The number of para-hydroxylation sites is 1. The topological polar surface area (TPSA) is 116 Å². The second-order valence-electron chi connectivity index (χ2n) is 6.62. The van der Waals surface area contributed by atoms with Gasteiger partial charge in [-0.3, -0.25) is 14.8 Å². The van der Waals surface area contributed by atoms with Gasteiger partial charge < -0.3 is 4.74 Å². The molecule has 4 rings (SSSR count). The molecule has 1 aliphatic rings. The van der Waals surface area contributed by atoms with Crippen LogP contribution in [0.25, 0.3) is 10.9 Å². The van der Waals surface area contributed by atoms with Gasteiger partial charge >= 0.3 is 0 Å². The molecular formula is C18H17IN4O5S. The van der Waals surface area contributed by atoms with Crippen LogP contribution < -0.4 is 4.72 Å². The van der Waals surface area contributed by atoms with Gasteiger partial charge in [0.2, 0.25) is 0 Å². The molecule has 0 aliphatic carbocycles. The number of benzene rings is 2. The number of ether oxygens (including phenoxy) is 1. The van der Waals surface area contributed by atoms with Gasteiger partial charge in [0.25, 0.3) is 15.7 Å². The number of hydrogen-bond acceptors (Lipinski definition) is 6. The van der Waals surface area contributed by atoms with Crippen LogP contribution in [-0.4, -0.2) is 29.7 Å². The number of rotatable bonds is 5. The fraction of sp³-hybridized carbons (Fsp3) is 0.278. The fourth-order valence-electron chi connectivity index (χ4n) is 3.35. The molecule has 1 atom stereocenters. The van der Waals surface area contributed by atoms with Gasteiger partial charge in [0.15, 0.2) is 11.1 Å². The van der Waals surface area contributed by atoms with Crippen molar-refractivity contribution in [3.05, 3.63) is 56.3 Å². The molecule has 2 aromatic carbocycles. The van der Waals surface area contributed by atoms with E-state index in [1.807, 2.05) is 4.68 Å². The van der Waals surface area contributed by atoms with Gasteiger partial charge in [0.1, 0.15) is 3.70 Å². The van der Waals surface area contributed by atoms with Gasteiger partial charge in [-0.05, 0) is 66.1 Å². The van der Waals surface area contributed by atoms with Crippen molar-refractivity contribution < 1.29 is 18.1 Å². The number of aromatic nitrogens is 2. The molecule has 0 radical (unpaired) electrons. The monoisotopic (exact) mass is 528 g/mol. The van der Waals surface area contributed by atoms with Gasteiger partial charge in [-0.25, -0.2) is 13.1 Å². The molecule has 0 saturated carbocycles. The van der Waals surface area contributed by atoms with E-state index in [0.29, 0.717) is 12.3 Å². The van der Waals surface area contributed by atoms with E-state index in [1.54, 1.807) is 18.2 Å². The maximum absolute atomic E-state index is 12.7. The number of halogens is 1.